The topological polar surface area (TPSA) is 63.6 Å². The number of carbonyl (C=O) groups excluding carboxylic acids is 1. The first-order valence-corrected chi connectivity index (χ1v) is 5.22. The van der Waals surface area contributed by atoms with Crippen LogP contribution in [0.15, 0.2) is 30.3 Å². The minimum absolute atomic E-state index is 0.230. The lowest BCUT2D eigenvalue weighted by Crippen LogP contribution is -2.15. The molecule has 0 unspecified atom stereocenters. The molecule has 0 bridgehead atoms. The molecule has 0 aliphatic heterocycles. The number of hydrogen-bond donors (Lipinski definition) is 1. The van der Waals surface area contributed by atoms with Gasteiger partial charge < -0.3 is 9.84 Å². The van der Waals surface area contributed by atoms with Gasteiger partial charge in [0, 0.05) is 11.6 Å². The van der Waals surface area contributed by atoms with E-state index in [4.69, 9.17) is 9.84 Å². The first-order valence-electron chi connectivity index (χ1n) is 5.22. The molecule has 4 heteroatoms. The van der Waals surface area contributed by atoms with Crippen molar-refractivity contribution in [1.29, 1.82) is 0 Å². The van der Waals surface area contributed by atoms with Crippen LogP contribution in [0.4, 0.5) is 0 Å². The molecule has 0 aromatic heterocycles. The number of carbonyl (C=O) groups is 2. The molecular formula is C13H14O4. The molecule has 0 aliphatic rings. The van der Waals surface area contributed by atoms with Crippen molar-refractivity contribution in [2.24, 2.45) is 5.92 Å². The van der Waals surface area contributed by atoms with Gasteiger partial charge in [0.05, 0.1) is 5.92 Å². The fourth-order valence-electron chi connectivity index (χ4n) is 1.10. The summed E-state index contributed by atoms with van der Waals surface area (Å²) in [6, 6.07) is 6.78. The van der Waals surface area contributed by atoms with Gasteiger partial charge in [-0.3, -0.25) is 4.79 Å². The summed E-state index contributed by atoms with van der Waals surface area (Å²) in [7, 11) is 0. The maximum Gasteiger partial charge on any atom is 0.328 e. The van der Waals surface area contributed by atoms with Gasteiger partial charge in [-0.05, 0) is 12.1 Å². The third-order valence-electron chi connectivity index (χ3n) is 2.01. The Kier molecular flexibility index (Phi) is 4.46. The van der Waals surface area contributed by atoms with E-state index in [0.29, 0.717) is 11.3 Å². The van der Waals surface area contributed by atoms with Crippen LogP contribution in [0.1, 0.15) is 19.4 Å². The van der Waals surface area contributed by atoms with E-state index in [-0.39, 0.29) is 11.9 Å². The van der Waals surface area contributed by atoms with E-state index in [1.807, 2.05) is 0 Å². The summed E-state index contributed by atoms with van der Waals surface area (Å²) in [6.07, 6.45) is 2.40. The van der Waals surface area contributed by atoms with Crippen LogP contribution < -0.4 is 4.74 Å². The number of hydrogen-bond acceptors (Lipinski definition) is 3. The molecule has 0 radical (unpaired) electrons. The lowest BCUT2D eigenvalue weighted by Gasteiger charge is -2.08. The van der Waals surface area contributed by atoms with Crippen molar-refractivity contribution in [1.82, 2.24) is 0 Å². The van der Waals surface area contributed by atoms with E-state index in [1.165, 1.54) is 6.08 Å². The van der Waals surface area contributed by atoms with E-state index < -0.39 is 5.97 Å². The van der Waals surface area contributed by atoms with Crippen molar-refractivity contribution >= 4 is 18.0 Å². The van der Waals surface area contributed by atoms with Gasteiger partial charge in [0.15, 0.2) is 0 Å². The summed E-state index contributed by atoms with van der Waals surface area (Å²) in [5, 5.41) is 8.54. The molecule has 90 valence electrons. The average molecular weight is 234 g/mol. The second-order valence-electron chi connectivity index (χ2n) is 3.79. The highest BCUT2D eigenvalue weighted by Crippen LogP contribution is 2.20. The van der Waals surface area contributed by atoms with Gasteiger partial charge in [-0.1, -0.05) is 32.0 Å². The summed E-state index contributed by atoms with van der Waals surface area (Å²) in [5.41, 5.74) is 0.559. The smallest absolute Gasteiger partial charge is 0.328 e. The van der Waals surface area contributed by atoms with Gasteiger partial charge in [0.2, 0.25) is 0 Å². The van der Waals surface area contributed by atoms with E-state index in [9.17, 15) is 9.59 Å². The van der Waals surface area contributed by atoms with Crippen LogP contribution in [-0.4, -0.2) is 17.0 Å². The molecule has 0 spiro atoms. The van der Waals surface area contributed by atoms with Crippen molar-refractivity contribution in [3.05, 3.63) is 35.9 Å². The Hall–Kier alpha value is -2.10. The zero-order valence-corrected chi connectivity index (χ0v) is 9.71. The zero-order chi connectivity index (χ0) is 12.8. The molecule has 1 aromatic carbocycles. The summed E-state index contributed by atoms with van der Waals surface area (Å²) < 4.78 is 5.16. The van der Waals surface area contributed by atoms with Gasteiger partial charge >= 0.3 is 11.9 Å². The van der Waals surface area contributed by atoms with Gasteiger partial charge in [0.1, 0.15) is 5.75 Å². The number of para-hydroxylation sites is 1. The van der Waals surface area contributed by atoms with E-state index >= 15 is 0 Å². The van der Waals surface area contributed by atoms with Crippen LogP contribution in [0.5, 0.6) is 5.75 Å². The fourth-order valence-corrected chi connectivity index (χ4v) is 1.10. The molecule has 1 aromatic rings. The maximum absolute atomic E-state index is 11.4. The lowest BCUT2D eigenvalue weighted by molar-refractivity contribution is -0.137. The Morgan fingerprint density at radius 2 is 1.94 bits per heavy atom. The number of benzene rings is 1. The van der Waals surface area contributed by atoms with Crippen molar-refractivity contribution in [3.63, 3.8) is 0 Å². The van der Waals surface area contributed by atoms with Crippen LogP contribution in [-0.2, 0) is 9.59 Å². The second-order valence-corrected chi connectivity index (χ2v) is 3.79. The molecule has 0 heterocycles. The maximum atomic E-state index is 11.4. The summed E-state index contributed by atoms with van der Waals surface area (Å²) >= 11 is 0. The number of aliphatic carboxylic acids is 1. The van der Waals surface area contributed by atoms with Crippen LogP contribution in [0.2, 0.25) is 0 Å². The molecule has 4 nitrogen and oxygen atoms in total. The molecule has 0 saturated heterocycles. The Morgan fingerprint density at radius 1 is 1.29 bits per heavy atom. The van der Waals surface area contributed by atoms with E-state index in [0.717, 1.165) is 6.08 Å². The SMILES string of the molecule is CC(C)C(=O)Oc1ccccc1/C=C/C(=O)O. The lowest BCUT2D eigenvalue weighted by atomic mass is 10.2. The van der Waals surface area contributed by atoms with Crippen LogP contribution in [0.25, 0.3) is 6.08 Å². The van der Waals surface area contributed by atoms with Crippen LogP contribution in [0.3, 0.4) is 0 Å². The monoisotopic (exact) mass is 234 g/mol. The highest BCUT2D eigenvalue weighted by Gasteiger charge is 2.11. The Balaban J connectivity index is 2.92. The van der Waals surface area contributed by atoms with E-state index in [1.54, 1.807) is 38.1 Å². The number of esters is 1. The fraction of sp³-hybridized carbons (Fsp3) is 0.231. The van der Waals surface area contributed by atoms with Gasteiger partial charge in [0.25, 0.3) is 0 Å². The molecule has 0 amide bonds. The standard InChI is InChI=1S/C13H14O4/c1-9(2)13(16)17-11-6-4-3-5-10(11)7-8-12(14)15/h3-9H,1-2H3,(H,14,15)/b8-7+. The predicted molar refractivity (Wildman–Crippen MR) is 63.6 cm³/mol. The highest BCUT2D eigenvalue weighted by atomic mass is 16.5. The quantitative estimate of drug-likeness (QED) is 0.493. The van der Waals surface area contributed by atoms with Gasteiger partial charge in [-0.2, -0.15) is 0 Å². The summed E-state index contributed by atoms with van der Waals surface area (Å²) in [5.74, 6) is -1.26. The van der Waals surface area contributed by atoms with Gasteiger partial charge in [-0.25, -0.2) is 4.79 Å². The third kappa shape index (κ3) is 4.10. The van der Waals surface area contributed by atoms with Crippen molar-refractivity contribution in [3.8, 4) is 5.75 Å². The molecule has 0 atom stereocenters. The van der Waals surface area contributed by atoms with Crippen molar-refractivity contribution in [2.75, 3.05) is 0 Å². The molecular weight excluding hydrogens is 220 g/mol. The average Bonchev–Trinajstić information content (AvgIpc) is 2.27. The Morgan fingerprint density at radius 3 is 2.53 bits per heavy atom. The first-order chi connectivity index (χ1) is 8.00. The third-order valence-corrected chi connectivity index (χ3v) is 2.01. The van der Waals surface area contributed by atoms with Crippen molar-refractivity contribution < 1.29 is 19.4 Å². The Labute approximate surface area is 99.5 Å². The molecule has 0 saturated carbocycles. The van der Waals surface area contributed by atoms with Gasteiger partial charge in [-0.15, -0.1) is 0 Å². The molecule has 17 heavy (non-hydrogen) atoms. The minimum atomic E-state index is -1.05. The van der Waals surface area contributed by atoms with E-state index in [2.05, 4.69) is 0 Å². The normalized spacial score (nSPS) is 10.8. The summed E-state index contributed by atoms with van der Waals surface area (Å²) in [4.78, 5) is 21.9. The highest BCUT2D eigenvalue weighted by molar-refractivity contribution is 5.86. The number of rotatable bonds is 4. The molecule has 1 N–H and O–H groups in total. The largest absolute Gasteiger partial charge is 0.478 e. The van der Waals surface area contributed by atoms with Crippen LogP contribution >= 0.6 is 0 Å². The molecule has 0 aliphatic carbocycles. The molecule has 1 rings (SSSR count). The van der Waals surface area contributed by atoms with Crippen LogP contribution in [0, 0.1) is 5.92 Å². The van der Waals surface area contributed by atoms with Crippen molar-refractivity contribution in [2.45, 2.75) is 13.8 Å². The number of carboxylic acids is 1. The minimum Gasteiger partial charge on any atom is -0.478 e. The first kappa shape index (κ1) is 13.0. The zero-order valence-electron chi connectivity index (χ0n) is 9.71. The Bertz CT molecular complexity index is 446. The predicted octanol–water partition coefficient (Wildman–Crippen LogP) is 2.35. The molecule has 0 fully saturated rings. The summed E-state index contributed by atoms with van der Waals surface area (Å²) in [6.45, 7) is 3.47. The number of ether oxygens (including phenoxy) is 1. The second kappa shape index (κ2) is 5.84. The number of carboxylic acid groups (broad SMARTS) is 1.